The predicted octanol–water partition coefficient (Wildman–Crippen LogP) is 6.27. The van der Waals surface area contributed by atoms with Crippen LogP contribution in [0.2, 0.25) is 5.02 Å². The van der Waals surface area contributed by atoms with Crippen molar-refractivity contribution in [3.05, 3.63) is 129 Å². The van der Waals surface area contributed by atoms with Crippen LogP contribution >= 0.6 is 11.6 Å². The van der Waals surface area contributed by atoms with Crippen molar-refractivity contribution in [3.8, 4) is 0 Å². The molecule has 0 saturated carbocycles. The molecule has 1 aromatic heterocycles. The number of amides is 1. The normalized spacial score (nSPS) is 12.7. The van der Waals surface area contributed by atoms with Crippen molar-refractivity contribution >= 4 is 23.2 Å². The third-order valence-corrected chi connectivity index (χ3v) is 7.55. The number of imidazole rings is 1. The first-order valence-electron chi connectivity index (χ1n) is 13.8. The first kappa shape index (κ1) is 30.0. The number of halogens is 1. The molecule has 4 aromatic rings. The average Bonchev–Trinajstić information content (AvgIpc) is 3.39. The van der Waals surface area contributed by atoms with Gasteiger partial charge in [-0.25, -0.2) is 4.98 Å². The Morgan fingerprint density at radius 1 is 1.02 bits per heavy atom. The number of aromatic nitrogens is 2. The second-order valence-electron chi connectivity index (χ2n) is 10.5. The second kappa shape index (κ2) is 14.6. The van der Waals surface area contributed by atoms with Crippen LogP contribution in [-0.2, 0) is 30.8 Å². The fraction of sp³-hybridized carbons (Fsp3) is 0.312. The minimum atomic E-state index is -0.416. The maximum atomic E-state index is 13.3. The van der Waals surface area contributed by atoms with Gasteiger partial charge < -0.3 is 9.88 Å². The molecule has 41 heavy (non-hydrogen) atoms. The summed E-state index contributed by atoms with van der Waals surface area (Å²) in [5.74, 6) is 0.199. The van der Waals surface area contributed by atoms with Gasteiger partial charge in [0.05, 0.1) is 17.7 Å². The van der Waals surface area contributed by atoms with Gasteiger partial charge in [-0.2, -0.15) is 0 Å². The van der Waals surface area contributed by atoms with E-state index in [0.717, 1.165) is 29.8 Å². The molecule has 0 aliphatic rings. The Labute approximate surface area is 246 Å². The molecule has 0 spiro atoms. The average molecular weight is 574 g/mol. The minimum Gasteiger partial charge on any atom is -0.351 e. The standard InChI is InChI=1S/C32H36ClN5O3/c1-3-24(2)31(22-36(19-25-8-5-4-6-9-25)20-27-10-7-11-28(33)16-27)35-32(39)17-30-18-34-23-37(30)21-26-12-14-29(15-13-26)38(40)41/h4-16,18,23-24,31H,3,17,19-22H2,1-2H3,(H,35,39)/t24-,31+/m0/s1. The molecule has 1 N–H and O–H groups in total. The molecule has 0 aliphatic carbocycles. The predicted molar refractivity (Wildman–Crippen MR) is 162 cm³/mol. The Balaban J connectivity index is 1.45. The van der Waals surface area contributed by atoms with E-state index in [1.807, 2.05) is 41.0 Å². The topological polar surface area (TPSA) is 93.3 Å². The number of carbonyl (C=O) groups is 1. The van der Waals surface area contributed by atoms with E-state index in [2.05, 4.69) is 47.2 Å². The summed E-state index contributed by atoms with van der Waals surface area (Å²) in [5.41, 5.74) is 4.05. The molecule has 0 radical (unpaired) electrons. The fourth-order valence-corrected chi connectivity index (χ4v) is 5.04. The summed E-state index contributed by atoms with van der Waals surface area (Å²) in [5, 5.41) is 15.0. The zero-order valence-electron chi connectivity index (χ0n) is 23.4. The van der Waals surface area contributed by atoms with Crippen molar-refractivity contribution in [2.24, 2.45) is 5.92 Å². The Bertz CT molecular complexity index is 1420. The van der Waals surface area contributed by atoms with Gasteiger partial charge in [-0.1, -0.05) is 86.5 Å². The van der Waals surface area contributed by atoms with Gasteiger partial charge in [0.25, 0.3) is 5.69 Å². The highest BCUT2D eigenvalue weighted by Crippen LogP contribution is 2.18. The molecule has 2 atom stereocenters. The van der Waals surface area contributed by atoms with Crippen LogP contribution in [0.15, 0.2) is 91.4 Å². The van der Waals surface area contributed by atoms with Crippen LogP contribution in [0.3, 0.4) is 0 Å². The molecule has 0 aliphatic heterocycles. The van der Waals surface area contributed by atoms with Gasteiger partial charge in [-0.15, -0.1) is 0 Å². The van der Waals surface area contributed by atoms with Crippen molar-refractivity contribution in [2.75, 3.05) is 6.54 Å². The van der Waals surface area contributed by atoms with Crippen LogP contribution in [0.5, 0.6) is 0 Å². The molecule has 0 saturated heterocycles. The van der Waals surface area contributed by atoms with Crippen molar-refractivity contribution in [2.45, 2.75) is 52.4 Å². The highest BCUT2D eigenvalue weighted by Gasteiger charge is 2.23. The number of rotatable bonds is 14. The van der Waals surface area contributed by atoms with E-state index in [1.54, 1.807) is 24.7 Å². The van der Waals surface area contributed by atoms with Crippen molar-refractivity contribution in [1.29, 1.82) is 0 Å². The summed E-state index contributed by atoms with van der Waals surface area (Å²) in [6.07, 6.45) is 4.50. The SMILES string of the molecule is CC[C@H](C)[C@@H](CN(Cc1ccccc1)Cc1cccc(Cl)c1)NC(=O)Cc1cncn1Cc1ccc([N+](=O)[O-])cc1. The lowest BCUT2D eigenvalue weighted by Crippen LogP contribution is -2.47. The Kier molecular flexibility index (Phi) is 10.6. The highest BCUT2D eigenvalue weighted by molar-refractivity contribution is 6.30. The highest BCUT2D eigenvalue weighted by atomic mass is 35.5. The third-order valence-electron chi connectivity index (χ3n) is 7.32. The number of nitrogens with zero attached hydrogens (tertiary/aromatic N) is 4. The number of nitro benzene ring substituents is 1. The second-order valence-corrected chi connectivity index (χ2v) is 10.9. The van der Waals surface area contributed by atoms with Crippen LogP contribution in [0.1, 0.15) is 42.7 Å². The quantitative estimate of drug-likeness (QED) is 0.142. The van der Waals surface area contributed by atoms with Gasteiger partial charge in [-0.3, -0.25) is 19.8 Å². The first-order chi connectivity index (χ1) is 19.8. The molecule has 3 aromatic carbocycles. The minimum absolute atomic E-state index is 0.0479. The van der Waals surface area contributed by atoms with Crippen LogP contribution < -0.4 is 5.32 Å². The van der Waals surface area contributed by atoms with Gasteiger partial charge in [0.1, 0.15) is 0 Å². The lowest BCUT2D eigenvalue weighted by atomic mass is 9.97. The fourth-order valence-electron chi connectivity index (χ4n) is 4.83. The molecule has 1 heterocycles. The smallest absolute Gasteiger partial charge is 0.269 e. The van der Waals surface area contributed by atoms with Gasteiger partial charge in [-0.05, 0) is 34.7 Å². The van der Waals surface area contributed by atoms with E-state index in [1.165, 1.54) is 17.7 Å². The summed E-state index contributed by atoms with van der Waals surface area (Å²) < 4.78 is 1.90. The lowest BCUT2D eigenvalue weighted by molar-refractivity contribution is -0.384. The summed E-state index contributed by atoms with van der Waals surface area (Å²) in [4.78, 5) is 30.5. The molecule has 0 fully saturated rings. The van der Waals surface area contributed by atoms with Crippen molar-refractivity contribution < 1.29 is 9.72 Å². The number of carbonyl (C=O) groups excluding carboxylic acids is 1. The molecule has 0 bridgehead atoms. The Hall–Kier alpha value is -4.01. The number of benzene rings is 3. The molecular weight excluding hydrogens is 538 g/mol. The van der Waals surface area contributed by atoms with Gasteiger partial charge in [0.15, 0.2) is 0 Å². The lowest BCUT2D eigenvalue weighted by Gasteiger charge is -2.31. The van der Waals surface area contributed by atoms with Crippen molar-refractivity contribution in [1.82, 2.24) is 19.8 Å². The summed E-state index contributed by atoms with van der Waals surface area (Å²) in [6, 6.07) is 24.6. The monoisotopic (exact) mass is 573 g/mol. The first-order valence-corrected chi connectivity index (χ1v) is 14.2. The maximum absolute atomic E-state index is 13.3. The van der Waals surface area contributed by atoms with E-state index in [0.29, 0.717) is 24.7 Å². The zero-order chi connectivity index (χ0) is 29.2. The number of non-ortho nitro benzene ring substituents is 1. The van der Waals surface area contributed by atoms with Crippen LogP contribution in [0, 0.1) is 16.0 Å². The largest absolute Gasteiger partial charge is 0.351 e. The van der Waals surface area contributed by atoms with Crippen LogP contribution in [0.4, 0.5) is 5.69 Å². The van der Waals surface area contributed by atoms with E-state index in [9.17, 15) is 14.9 Å². The van der Waals surface area contributed by atoms with Crippen LogP contribution in [-0.4, -0.2) is 37.9 Å². The van der Waals surface area contributed by atoms with E-state index < -0.39 is 4.92 Å². The molecule has 9 heteroatoms. The van der Waals surface area contributed by atoms with E-state index in [-0.39, 0.29) is 30.0 Å². The summed E-state index contributed by atoms with van der Waals surface area (Å²) >= 11 is 6.28. The van der Waals surface area contributed by atoms with Gasteiger partial charge in [0.2, 0.25) is 5.91 Å². The molecule has 8 nitrogen and oxygen atoms in total. The zero-order valence-corrected chi connectivity index (χ0v) is 24.2. The van der Waals surface area contributed by atoms with Gasteiger partial charge >= 0.3 is 0 Å². The Morgan fingerprint density at radius 3 is 2.41 bits per heavy atom. The summed E-state index contributed by atoms with van der Waals surface area (Å²) in [7, 11) is 0. The molecule has 0 unspecified atom stereocenters. The molecule has 4 rings (SSSR count). The number of hydrogen-bond acceptors (Lipinski definition) is 5. The third kappa shape index (κ3) is 8.99. The molecule has 1 amide bonds. The Morgan fingerprint density at radius 2 is 1.73 bits per heavy atom. The number of hydrogen-bond donors (Lipinski definition) is 1. The maximum Gasteiger partial charge on any atom is 0.269 e. The summed E-state index contributed by atoms with van der Waals surface area (Å²) in [6.45, 7) is 6.92. The van der Waals surface area contributed by atoms with E-state index in [4.69, 9.17) is 11.6 Å². The van der Waals surface area contributed by atoms with Gasteiger partial charge in [0, 0.05) is 61.3 Å². The van der Waals surface area contributed by atoms with Crippen LogP contribution in [0.25, 0.3) is 0 Å². The van der Waals surface area contributed by atoms with E-state index >= 15 is 0 Å². The number of nitro groups is 1. The molecule has 214 valence electrons. The van der Waals surface area contributed by atoms with Crippen molar-refractivity contribution in [3.63, 3.8) is 0 Å². The molecular formula is C32H36ClN5O3. The number of nitrogens with one attached hydrogen (secondary N) is 1.